The minimum Gasteiger partial charge on any atom is -0.370 e. The van der Waals surface area contributed by atoms with Gasteiger partial charge in [-0.05, 0) is 25.2 Å². The van der Waals surface area contributed by atoms with Crippen LogP contribution < -0.4 is 0 Å². The molecule has 1 saturated heterocycles. The number of hydrogen-bond donors (Lipinski definition) is 0. The molecular weight excluding hydrogens is 112 g/mol. The third-order valence-corrected chi connectivity index (χ3v) is 2.80. The Balaban J connectivity index is 1.93. The van der Waals surface area contributed by atoms with Crippen molar-refractivity contribution in [1.82, 2.24) is 0 Å². The first-order valence-electron chi connectivity index (χ1n) is 3.99. The van der Waals surface area contributed by atoms with Crippen molar-refractivity contribution in [2.45, 2.75) is 38.2 Å². The van der Waals surface area contributed by atoms with E-state index >= 15 is 0 Å². The van der Waals surface area contributed by atoms with E-state index in [-0.39, 0.29) is 0 Å². The highest BCUT2D eigenvalue weighted by Gasteiger charge is 2.49. The lowest BCUT2D eigenvalue weighted by molar-refractivity contribution is 0.300. The van der Waals surface area contributed by atoms with Crippen LogP contribution in [0.5, 0.6) is 0 Å². The van der Waals surface area contributed by atoms with Gasteiger partial charge < -0.3 is 4.74 Å². The number of ether oxygens (including phenoxy) is 1. The Hall–Kier alpha value is -0.0400. The minimum atomic E-state index is 0.417. The summed E-state index contributed by atoms with van der Waals surface area (Å²) in [7, 11) is 0. The van der Waals surface area contributed by atoms with Crippen LogP contribution in [0.15, 0.2) is 0 Å². The van der Waals surface area contributed by atoms with Crippen LogP contribution in [0, 0.1) is 5.92 Å². The highest BCUT2D eigenvalue weighted by atomic mass is 16.6. The maximum absolute atomic E-state index is 5.39. The van der Waals surface area contributed by atoms with Crippen LogP contribution in [0.2, 0.25) is 0 Å². The lowest BCUT2D eigenvalue weighted by atomic mass is 10.0. The molecule has 0 aromatic heterocycles. The monoisotopic (exact) mass is 126 g/mol. The minimum absolute atomic E-state index is 0.417. The van der Waals surface area contributed by atoms with Gasteiger partial charge in [0.25, 0.3) is 0 Å². The van der Waals surface area contributed by atoms with Gasteiger partial charge in [-0.2, -0.15) is 0 Å². The molecule has 0 radical (unpaired) electrons. The highest BCUT2D eigenvalue weighted by Crippen LogP contribution is 2.47. The van der Waals surface area contributed by atoms with E-state index in [1.807, 2.05) is 0 Å². The summed E-state index contributed by atoms with van der Waals surface area (Å²) in [5.74, 6) is 0.979. The van der Waals surface area contributed by atoms with Crippen molar-refractivity contribution in [1.29, 1.82) is 0 Å². The number of rotatable bonds is 1. The van der Waals surface area contributed by atoms with E-state index in [4.69, 9.17) is 4.74 Å². The molecule has 2 atom stereocenters. The van der Waals surface area contributed by atoms with E-state index in [1.165, 1.54) is 25.7 Å². The second-order valence-corrected chi connectivity index (χ2v) is 3.49. The van der Waals surface area contributed by atoms with E-state index in [9.17, 15) is 0 Å². The van der Waals surface area contributed by atoms with Crippen LogP contribution >= 0.6 is 0 Å². The highest BCUT2D eigenvalue weighted by molar-refractivity contribution is 4.98. The van der Waals surface area contributed by atoms with E-state index in [0.717, 1.165) is 12.5 Å². The lowest BCUT2D eigenvalue weighted by Crippen LogP contribution is -2.03. The quantitative estimate of drug-likeness (QED) is 0.489. The third-order valence-electron chi connectivity index (χ3n) is 2.80. The smallest absolute Gasteiger partial charge is 0.0919 e. The van der Waals surface area contributed by atoms with E-state index in [2.05, 4.69) is 6.92 Å². The molecule has 0 aromatic carbocycles. The topological polar surface area (TPSA) is 12.5 Å². The van der Waals surface area contributed by atoms with Gasteiger partial charge in [0.1, 0.15) is 0 Å². The second kappa shape index (κ2) is 1.72. The Kier molecular flexibility index (Phi) is 1.10. The van der Waals surface area contributed by atoms with Crippen LogP contribution in [0.4, 0.5) is 0 Å². The van der Waals surface area contributed by atoms with Gasteiger partial charge in [0.2, 0.25) is 0 Å². The van der Waals surface area contributed by atoms with Crippen molar-refractivity contribution in [3.8, 4) is 0 Å². The molecular formula is C8H14O. The predicted octanol–water partition coefficient (Wildman–Crippen LogP) is 1.97. The van der Waals surface area contributed by atoms with Gasteiger partial charge in [-0.25, -0.2) is 0 Å². The molecule has 1 aliphatic heterocycles. The molecule has 1 spiro atoms. The maximum Gasteiger partial charge on any atom is 0.0919 e. The average Bonchev–Trinajstić information content (AvgIpc) is 2.44. The summed E-state index contributed by atoms with van der Waals surface area (Å²) in [6.07, 6.45) is 5.45. The van der Waals surface area contributed by atoms with Crippen LogP contribution in [-0.2, 0) is 4.74 Å². The molecule has 1 heteroatoms. The summed E-state index contributed by atoms with van der Waals surface area (Å²) >= 11 is 0. The van der Waals surface area contributed by atoms with Gasteiger partial charge in [-0.3, -0.25) is 0 Å². The molecule has 52 valence electrons. The second-order valence-electron chi connectivity index (χ2n) is 3.49. The predicted molar refractivity (Wildman–Crippen MR) is 36.3 cm³/mol. The Morgan fingerprint density at radius 3 is 2.78 bits per heavy atom. The molecule has 0 bridgehead atoms. The zero-order valence-electron chi connectivity index (χ0n) is 6.02. The van der Waals surface area contributed by atoms with E-state index < -0.39 is 0 Å². The van der Waals surface area contributed by atoms with Gasteiger partial charge in [0.15, 0.2) is 0 Å². The first-order valence-corrected chi connectivity index (χ1v) is 3.99. The summed E-state index contributed by atoms with van der Waals surface area (Å²) in [5, 5.41) is 0. The molecule has 1 saturated carbocycles. The van der Waals surface area contributed by atoms with Crippen LogP contribution in [0.1, 0.15) is 32.6 Å². The van der Waals surface area contributed by atoms with E-state index in [0.29, 0.717) is 5.60 Å². The SMILES string of the molecule is CCC1CCC2(CO2)C1. The molecule has 1 nitrogen and oxygen atoms in total. The fraction of sp³-hybridized carbons (Fsp3) is 1.00. The zero-order chi connectivity index (χ0) is 6.32. The molecule has 0 amide bonds. The molecule has 2 rings (SSSR count). The first-order chi connectivity index (χ1) is 4.35. The summed E-state index contributed by atoms with van der Waals surface area (Å²) < 4.78 is 5.39. The molecule has 1 heterocycles. The molecule has 9 heavy (non-hydrogen) atoms. The first kappa shape index (κ1) is 5.72. The Labute approximate surface area is 56.4 Å². The van der Waals surface area contributed by atoms with Gasteiger partial charge >= 0.3 is 0 Å². The maximum atomic E-state index is 5.39. The van der Waals surface area contributed by atoms with Crippen molar-refractivity contribution in [2.24, 2.45) is 5.92 Å². The molecule has 1 aliphatic carbocycles. The lowest BCUT2D eigenvalue weighted by Gasteiger charge is -2.02. The summed E-state index contributed by atoms with van der Waals surface area (Å²) in [5.41, 5.74) is 0.417. The van der Waals surface area contributed by atoms with Crippen LogP contribution in [0.25, 0.3) is 0 Å². The number of hydrogen-bond acceptors (Lipinski definition) is 1. The van der Waals surface area contributed by atoms with Gasteiger partial charge in [0.05, 0.1) is 12.2 Å². The fourth-order valence-corrected chi connectivity index (χ4v) is 1.91. The van der Waals surface area contributed by atoms with E-state index in [1.54, 1.807) is 0 Å². The van der Waals surface area contributed by atoms with Crippen molar-refractivity contribution in [2.75, 3.05) is 6.61 Å². The van der Waals surface area contributed by atoms with Gasteiger partial charge in [0, 0.05) is 0 Å². The Morgan fingerprint density at radius 1 is 1.67 bits per heavy atom. The van der Waals surface area contributed by atoms with Crippen molar-refractivity contribution < 1.29 is 4.74 Å². The van der Waals surface area contributed by atoms with Crippen molar-refractivity contribution in [3.63, 3.8) is 0 Å². The Morgan fingerprint density at radius 2 is 2.44 bits per heavy atom. The third kappa shape index (κ3) is 0.877. The normalized spacial score (nSPS) is 48.3. The van der Waals surface area contributed by atoms with Crippen molar-refractivity contribution >= 4 is 0 Å². The van der Waals surface area contributed by atoms with Crippen molar-refractivity contribution in [3.05, 3.63) is 0 Å². The summed E-state index contributed by atoms with van der Waals surface area (Å²) in [6, 6.07) is 0. The standard InChI is InChI=1S/C8H14O/c1-2-7-3-4-8(5-7)6-9-8/h7H,2-6H2,1H3. The summed E-state index contributed by atoms with van der Waals surface area (Å²) in [4.78, 5) is 0. The number of epoxide rings is 1. The molecule has 2 fully saturated rings. The molecule has 2 unspecified atom stereocenters. The fourth-order valence-electron chi connectivity index (χ4n) is 1.91. The average molecular weight is 126 g/mol. The van der Waals surface area contributed by atoms with Crippen LogP contribution in [0.3, 0.4) is 0 Å². The Bertz CT molecular complexity index is 116. The summed E-state index contributed by atoms with van der Waals surface area (Å²) in [6.45, 7) is 3.34. The molecule has 0 N–H and O–H groups in total. The molecule has 0 aromatic rings. The largest absolute Gasteiger partial charge is 0.370 e. The zero-order valence-corrected chi connectivity index (χ0v) is 6.02. The van der Waals surface area contributed by atoms with Gasteiger partial charge in [-0.15, -0.1) is 0 Å². The van der Waals surface area contributed by atoms with Gasteiger partial charge in [-0.1, -0.05) is 13.3 Å². The van der Waals surface area contributed by atoms with Crippen LogP contribution in [-0.4, -0.2) is 12.2 Å². The molecule has 2 aliphatic rings.